The second-order valence-corrected chi connectivity index (χ2v) is 9.84. The number of nitrogens with zero attached hydrogens (tertiary/aromatic N) is 4. The van der Waals surface area contributed by atoms with Crippen LogP contribution in [0, 0.1) is 5.92 Å². The van der Waals surface area contributed by atoms with E-state index in [1.54, 1.807) is 0 Å². The molecule has 1 saturated heterocycles. The van der Waals surface area contributed by atoms with Gasteiger partial charge in [-0.05, 0) is 62.2 Å². The molecule has 6 rings (SSSR count). The van der Waals surface area contributed by atoms with Crippen LogP contribution < -0.4 is 5.32 Å². The van der Waals surface area contributed by atoms with Crippen LogP contribution in [0.5, 0.6) is 0 Å². The zero-order chi connectivity index (χ0) is 22.2. The molecule has 2 aliphatic heterocycles. The molecule has 0 aliphatic carbocycles. The SMILES string of the molecule is O=C(NCC1CCN(Cc2ccc3ccccc3n2)CC1)C1=Cc2cnc3cccc(n23)S1. The highest BCUT2D eigenvalue weighted by molar-refractivity contribution is 8.04. The number of pyridine rings is 2. The first-order chi connectivity index (χ1) is 16.2. The zero-order valence-corrected chi connectivity index (χ0v) is 19.1. The summed E-state index contributed by atoms with van der Waals surface area (Å²) in [4.78, 5) is 25.3. The molecule has 166 valence electrons. The van der Waals surface area contributed by atoms with Crippen LogP contribution in [0.25, 0.3) is 22.6 Å². The number of hydrogen-bond acceptors (Lipinski definition) is 5. The van der Waals surface area contributed by atoms with Crippen LogP contribution in [0.4, 0.5) is 0 Å². The van der Waals surface area contributed by atoms with Crippen LogP contribution in [0.1, 0.15) is 24.2 Å². The third-order valence-corrected chi connectivity index (χ3v) is 7.59. The van der Waals surface area contributed by atoms with Gasteiger partial charge in [-0.15, -0.1) is 0 Å². The molecule has 4 aromatic rings. The maximum absolute atomic E-state index is 12.9. The number of likely N-dealkylation sites (tertiary alicyclic amines) is 1. The first-order valence-corrected chi connectivity index (χ1v) is 12.3. The Morgan fingerprint density at radius 3 is 2.85 bits per heavy atom. The number of fused-ring (bicyclic) bond motifs is 1. The molecule has 1 N–H and O–H groups in total. The lowest BCUT2D eigenvalue weighted by Gasteiger charge is -2.31. The van der Waals surface area contributed by atoms with Crippen LogP contribution >= 0.6 is 11.8 Å². The summed E-state index contributed by atoms with van der Waals surface area (Å²) in [5.74, 6) is 0.519. The predicted octanol–water partition coefficient (Wildman–Crippen LogP) is 4.36. The van der Waals surface area contributed by atoms with Crippen LogP contribution in [-0.2, 0) is 11.3 Å². The van der Waals surface area contributed by atoms with E-state index in [2.05, 4.69) is 43.9 Å². The van der Waals surface area contributed by atoms with Gasteiger partial charge in [-0.1, -0.05) is 42.1 Å². The van der Waals surface area contributed by atoms with Gasteiger partial charge in [0.2, 0.25) is 0 Å². The molecule has 0 saturated carbocycles. The Labute approximate surface area is 196 Å². The molecule has 33 heavy (non-hydrogen) atoms. The molecule has 0 atom stereocenters. The van der Waals surface area contributed by atoms with E-state index >= 15 is 0 Å². The van der Waals surface area contributed by atoms with E-state index in [1.165, 1.54) is 17.1 Å². The third kappa shape index (κ3) is 4.14. The van der Waals surface area contributed by atoms with Crippen molar-refractivity contribution < 1.29 is 4.79 Å². The van der Waals surface area contributed by atoms with Crippen molar-refractivity contribution in [3.8, 4) is 0 Å². The van der Waals surface area contributed by atoms with E-state index in [0.717, 1.165) is 71.5 Å². The van der Waals surface area contributed by atoms with Crippen LogP contribution in [-0.4, -0.2) is 44.8 Å². The molecule has 1 fully saturated rings. The number of benzene rings is 1. The first-order valence-electron chi connectivity index (χ1n) is 11.4. The summed E-state index contributed by atoms with van der Waals surface area (Å²) in [5, 5.41) is 5.39. The third-order valence-electron chi connectivity index (χ3n) is 6.54. The number of hydrogen-bond donors (Lipinski definition) is 1. The number of amides is 1. The standard InChI is InChI=1S/C26H25N5OS/c32-26(23-14-21-16-27-24-6-3-7-25(33-23)31(21)24)28-15-18-10-12-30(13-11-18)17-20-9-8-19-4-1-2-5-22(19)29-20/h1-9,14,16,18H,10-13,15,17H2,(H,28,32). The lowest BCUT2D eigenvalue weighted by molar-refractivity contribution is -0.117. The highest BCUT2D eigenvalue weighted by atomic mass is 32.2. The smallest absolute Gasteiger partial charge is 0.258 e. The van der Waals surface area contributed by atoms with Crippen LogP contribution in [0.15, 0.2) is 70.7 Å². The van der Waals surface area contributed by atoms with Crippen molar-refractivity contribution in [2.75, 3.05) is 19.6 Å². The summed E-state index contributed by atoms with van der Waals surface area (Å²) < 4.78 is 2.08. The molecule has 0 spiro atoms. The number of thioether (sulfide) groups is 1. The molecule has 1 amide bonds. The fourth-order valence-electron chi connectivity index (χ4n) is 4.70. The minimum atomic E-state index is 0.00671. The summed E-state index contributed by atoms with van der Waals surface area (Å²) in [6.07, 6.45) is 5.94. The van der Waals surface area contributed by atoms with Crippen LogP contribution in [0.2, 0.25) is 0 Å². The molecule has 5 heterocycles. The van der Waals surface area contributed by atoms with Gasteiger partial charge in [-0.3, -0.25) is 19.1 Å². The van der Waals surface area contributed by atoms with Crippen molar-refractivity contribution in [3.05, 3.63) is 77.1 Å². The summed E-state index contributed by atoms with van der Waals surface area (Å²) in [6.45, 7) is 3.68. The van der Waals surface area contributed by atoms with Gasteiger partial charge < -0.3 is 5.32 Å². The van der Waals surface area contributed by atoms with Gasteiger partial charge in [0.1, 0.15) is 5.65 Å². The van der Waals surface area contributed by atoms with Crippen molar-refractivity contribution in [1.82, 2.24) is 24.6 Å². The van der Waals surface area contributed by atoms with Crippen molar-refractivity contribution in [3.63, 3.8) is 0 Å². The minimum absolute atomic E-state index is 0.00671. The predicted molar refractivity (Wildman–Crippen MR) is 132 cm³/mol. The molecular weight excluding hydrogens is 430 g/mol. The number of imidazole rings is 1. The number of para-hydroxylation sites is 1. The molecule has 0 bridgehead atoms. The Kier molecular flexibility index (Phi) is 5.36. The number of carbonyl (C=O) groups excluding carboxylic acids is 1. The number of rotatable bonds is 5. The Balaban J connectivity index is 1.02. The van der Waals surface area contributed by atoms with E-state index < -0.39 is 0 Å². The van der Waals surface area contributed by atoms with Crippen LogP contribution in [0.3, 0.4) is 0 Å². The van der Waals surface area contributed by atoms with Crippen molar-refractivity contribution in [2.45, 2.75) is 24.4 Å². The van der Waals surface area contributed by atoms with E-state index in [-0.39, 0.29) is 5.91 Å². The highest BCUT2D eigenvalue weighted by Gasteiger charge is 2.23. The summed E-state index contributed by atoms with van der Waals surface area (Å²) in [7, 11) is 0. The molecule has 0 radical (unpaired) electrons. The maximum atomic E-state index is 12.9. The number of piperidine rings is 1. The molecule has 1 aromatic carbocycles. The van der Waals surface area contributed by atoms with E-state index in [4.69, 9.17) is 4.98 Å². The Bertz CT molecular complexity index is 1370. The van der Waals surface area contributed by atoms with Gasteiger partial charge in [-0.2, -0.15) is 0 Å². The average molecular weight is 456 g/mol. The van der Waals surface area contributed by atoms with Gasteiger partial charge in [0.15, 0.2) is 0 Å². The lowest BCUT2D eigenvalue weighted by Crippen LogP contribution is -2.38. The molecule has 6 nitrogen and oxygen atoms in total. The molecule has 3 aromatic heterocycles. The Hall–Kier alpha value is -3.16. The molecular formula is C26H25N5OS. The fourth-order valence-corrected chi connectivity index (χ4v) is 5.70. The van der Waals surface area contributed by atoms with E-state index in [9.17, 15) is 4.79 Å². The van der Waals surface area contributed by atoms with Gasteiger partial charge >= 0.3 is 0 Å². The summed E-state index contributed by atoms with van der Waals surface area (Å²) >= 11 is 1.51. The largest absolute Gasteiger partial charge is 0.351 e. The molecule has 2 aliphatic rings. The lowest BCUT2D eigenvalue weighted by atomic mass is 9.96. The Morgan fingerprint density at radius 1 is 1.06 bits per heavy atom. The zero-order valence-electron chi connectivity index (χ0n) is 18.3. The van der Waals surface area contributed by atoms with Gasteiger partial charge in [0, 0.05) is 18.5 Å². The van der Waals surface area contributed by atoms with Gasteiger partial charge in [-0.25, -0.2) is 4.98 Å². The van der Waals surface area contributed by atoms with Crippen molar-refractivity contribution in [1.29, 1.82) is 0 Å². The second-order valence-electron chi connectivity index (χ2n) is 8.78. The minimum Gasteiger partial charge on any atom is -0.351 e. The van der Waals surface area contributed by atoms with Crippen molar-refractivity contribution in [2.24, 2.45) is 5.92 Å². The van der Waals surface area contributed by atoms with E-state index in [0.29, 0.717) is 5.92 Å². The van der Waals surface area contributed by atoms with E-state index in [1.807, 2.05) is 42.6 Å². The van der Waals surface area contributed by atoms with Gasteiger partial charge in [0.25, 0.3) is 5.91 Å². The number of aromatic nitrogens is 3. The first kappa shape index (κ1) is 20.4. The molecule has 0 unspecified atom stereocenters. The second kappa shape index (κ2) is 8.65. The quantitative estimate of drug-likeness (QED) is 0.485. The number of carbonyl (C=O) groups is 1. The molecule has 7 heteroatoms. The van der Waals surface area contributed by atoms with Gasteiger partial charge in [0.05, 0.1) is 33.0 Å². The summed E-state index contributed by atoms with van der Waals surface area (Å²) in [6, 6.07) is 18.5. The fraction of sp³-hybridized carbons (Fsp3) is 0.269. The monoisotopic (exact) mass is 455 g/mol. The average Bonchev–Trinajstić information content (AvgIpc) is 3.28. The topological polar surface area (TPSA) is 62.5 Å². The Morgan fingerprint density at radius 2 is 1.94 bits per heavy atom. The highest BCUT2D eigenvalue weighted by Crippen LogP contribution is 2.34. The summed E-state index contributed by atoms with van der Waals surface area (Å²) in [5.41, 5.74) is 4.05. The number of nitrogens with one attached hydrogen (secondary N) is 1. The normalized spacial score (nSPS) is 16.8. The van der Waals surface area contributed by atoms with Crippen molar-refractivity contribution >= 4 is 40.3 Å². The maximum Gasteiger partial charge on any atom is 0.258 e.